The summed E-state index contributed by atoms with van der Waals surface area (Å²) in [5.41, 5.74) is -2.86. The van der Waals surface area contributed by atoms with Crippen molar-refractivity contribution in [3.63, 3.8) is 0 Å². The van der Waals surface area contributed by atoms with Crippen LogP contribution in [0.3, 0.4) is 0 Å². The van der Waals surface area contributed by atoms with Crippen molar-refractivity contribution in [3.05, 3.63) is 10.1 Å². The first kappa shape index (κ1) is 7.83. The van der Waals surface area contributed by atoms with Crippen LogP contribution in [0.15, 0.2) is 0 Å². The molecule has 52 valence electrons. The van der Waals surface area contributed by atoms with E-state index in [-0.39, 0.29) is 0 Å². The maximum absolute atomic E-state index is 9.77. The predicted octanol–water partition coefficient (Wildman–Crippen LogP) is -0.944. The minimum Gasteiger partial charge on any atom is -0.474 e. The molecule has 0 aromatic rings. The number of rotatable bonds is 2. The molecule has 0 aliphatic carbocycles. The molecule has 0 fully saturated rings. The number of aliphatic carboxylic acids is 1. The fourth-order valence-electron chi connectivity index (χ4n) is 0.0781. The molecule has 2 N–H and O–H groups in total. The molecule has 6 nitrogen and oxygen atoms in total. The normalized spacial score (nSPS) is 16.2. The van der Waals surface area contributed by atoms with Gasteiger partial charge >= 0.3 is 11.7 Å². The number of carbonyl (C=O) groups is 1. The molecule has 0 spiro atoms. The third-order valence-electron chi connectivity index (χ3n) is 0.761. The van der Waals surface area contributed by atoms with Gasteiger partial charge in [0, 0.05) is 6.92 Å². The Morgan fingerprint density at radius 1 is 1.78 bits per heavy atom. The average molecular weight is 135 g/mol. The Morgan fingerprint density at radius 2 is 2.11 bits per heavy atom. The Labute approximate surface area is 49.9 Å². The highest BCUT2D eigenvalue weighted by Crippen LogP contribution is 2.01. The van der Waals surface area contributed by atoms with Gasteiger partial charge in [0.2, 0.25) is 0 Å². The third-order valence-corrected chi connectivity index (χ3v) is 0.761. The van der Waals surface area contributed by atoms with E-state index in [2.05, 4.69) is 0 Å². The van der Waals surface area contributed by atoms with Crippen LogP contribution in [-0.2, 0) is 4.79 Å². The quantitative estimate of drug-likeness (QED) is 0.289. The van der Waals surface area contributed by atoms with E-state index >= 15 is 0 Å². The predicted molar refractivity (Wildman–Crippen MR) is 25.3 cm³/mol. The lowest BCUT2D eigenvalue weighted by atomic mass is 10.3. The summed E-state index contributed by atoms with van der Waals surface area (Å²) in [6, 6.07) is 0. The molecule has 0 aromatic heterocycles. The van der Waals surface area contributed by atoms with Gasteiger partial charge in [0.25, 0.3) is 0 Å². The summed E-state index contributed by atoms with van der Waals surface area (Å²) in [7, 11) is 0. The molecule has 0 aliphatic rings. The second-order valence-electron chi connectivity index (χ2n) is 1.58. The number of hydrogen-bond donors (Lipinski definition) is 2. The molecule has 6 heteroatoms. The van der Waals surface area contributed by atoms with Crippen molar-refractivity contribution >= 4 is 5.97 Å². The van der Waals surface area contributed by atoms with Crippen LogP contribution in [0.1, 0.15) is 6.92 Å². The minimum absolute atomic E-state index is 0.593. The molecule has 1 atom stereocenters. The largest absolute Gasteiger partial charge is 0.474 e. The van der Waals surface area contributed by atoms with Gasteiger partial charge in [-0.1, -0.05) is 0 Å². The summed E-state index contributed by atoms with van der Waals surface area (Å²) in [6.07, 6.45) is 0. The second kappa shape index (κ2) is 1.98. The van der Waals surface area contributed by atoms with E-state index in [0.717, 1.165) is 0 Å². The average Bonchev–Trinajstić information content (AvgIpc) is 1.65. The fourth-order valence-corrected chi connectivity index (χ4v) is 0.0781. The smallest absolute Gasteiger partial charge is 0.416 e. The molecule has 9 heavy (non-hydrogen) atoms. The number of nitrogens with zero attached hydrogens (tertiary/aromatic N) is 1. The van der Waals surface area contributed by atoms with Gasteiger partial charge in [0.1, 0.15) is 0 Å². The molecule has 0 radical (unpaired) electrons. The van der Waals surface area contributed by atoms with E-state index in [4.69, 9.17) is 10.2 Å². The van der Waals surface area contributed by atoms with Crippen molar-refractivity contribution in [1.29, 1.82) is 0 Å². The Morgan fingerprint density at radius 3 is 2.11 bits per heavy atom. The summed E-state index contributed by atoms with van der Waals surface area (Å²) < 4.78 is 0. The number of carboxylic acids is 1. The first-order valence-corrected chi connectivity index (χ1v) is 1.99. The van der Waals surface area contributed by atoms with Crippen LogP contribution < -0.4 is 0 Å². The van der Waals surface area contributed by atoms with Gasteiger partial charge in [-0.2, -0.15) is 0 Å². The highest BCUT2D eigenvalue weighted by Gasteiger charge is 2.43. The van der Waals surface area contributed by atoms with Gasteiger partial charge in [0.05, 0.1) is 4.92 Å². The molecular formula is C3H5NO5. The lowest BCUT2D eigenvalue weighted by Gasteiger charge is -2.05. The van der Waals surface area contributed by atoms with Gasteiger partial charge in [0.15, 0.2) is 0 Å². The SMILES string of the molecule is CC(O)(C(=O)O)[N+](=O)[O-]. The van der Waals surface area contributed by atoms with Crippen molar-refractivity contribution in [3.8, 4) is 0 Å². The van der Waals surface area contributed by atoms with Gasteiger partial charge in [-0.05, 0) is 0 Å². The zero-order valence-corrected chi connectivity index (χ0v) is 4.57. The van der Waals surface area contributed by atoms with E-state index in [1.807, 2.05) is 0 Å². The van der Waals surface area contributed by atoms with Crippen LogP contribution in [0.4, 0.5) is 0 Å². The zero-order chi connectivity index (χ0) is 7.65. The molecule has 0 bridgehead atoms. The Balaban J connectivity index is 4.38. The van der Waals surface area contributed by atoms with Gasteiger partial charge in [-0.25, -0.2) is 4.79 Å². The standard InChI is InChI=1S/C3H5NO5/c1-3(7,2(5)6)4(8)9/h7H,1H3,(H,5,6). The number of nitro groups is 1. The summed E-state index contributed by atoms with van der Waals surface area (Å²) in [5.74, 6) is -1.87. The number of carboxylic acid groups (broad SMARTS) is 1. The summed E-state index contributed by atoms with van der Waals surface area (Å²) in [5, 5.41) is 25.9. The van der Waals surface area contributed by atoms with E-state index < -0.39 is 16.6 Å². The third kappa shape index (κ3) is 1.36. The molecule has 0 saturated heterocycles. The molecule has 0 aromatic carbocycles. The van der Waals surface area contributed by atoms with Crippen LogP contribution in [0.25, 0.3) is 0 Å². The second-order valence-corrected chi connectivity index (χ2v) is 1.58. The Kier molecular flexibility index (Phi) is 1.72. The first-order chi connectivity index (χ1) is 3.89. The maximum Gasteiger partial charge on any atom is 0.416 e. The molecule has 0 saturated carbocycles. The van der Waals surface area contributed by atoms with Crippen LogP contribution in [0.5, 0.6) is 0 Å². The Bertz CT molecular complexity index is 134. The van der Waals surface area contributed by atoms with Gasteiger partial charge in [-0.15, -0.1) is 0 Å². The molecule has 0 rings (SSSR count). The monoisotopic (exact) mass is 135 g/mol. The van der Waals surface area contributed by atoms with Crippen LogP contribution >= 0.6 is 0 Å². The molecule has 0 amide bonds. The number of aliphatic hydroxyl groups is 1. The summed E-state index contributed by atoms with van der Waals surface area (Å²) in [4.78, 5) is 18.1. The van der Waals surface area contributed by atoms with E-state index in [1.54, 1.807) is 0 Å². The topological polar surface area (TPSA) is 101 Å². The van der Waals surface area contributed by atoms with Crippen LogP contribution in [0, 0.1) is 10.1 Å². The number of hydrogen-bond acceptors (Lipinski definition) is 4. The van der Waals surface area contributed by atoms with E-state index in [1.165, 1.54) is 0 Å². The molecule has 1 unspecified atom stereocenters. The van der Waals surface area contributed by atoms with Crippen LogP contribution in [0.2, 0.25) is 0 Å². The Hall–Kier alpha value is -1.17. The van der Waals surface area contributed by atoms with Gasteiger partial charge < -0.3 is 10.2 Å². The molecule has 0 aliphatic heterocycles. The van der Waals surface area contributed by atoms with Crippen molar-refractivity contribution in [2.45, 2.75) is 12.6 Å². The van der Waals surface area contributed by atoms with Gasteiger partial charge in [-0.3, -0.25) is 10.1 Å². The fraction of sp³-hybridized carbons (Fsp3) is 0.667. The molecular weight excluding hydrogens is 130 g/mol. The summed E-state index contributed by atoms with van der Waals surface area (Å²) >= 11 is 0. The lowest BCUT2D eigenvalue weighted by molar-refractivity contribution is -0.601. The lowest BCUT2D eigenvalue weighted by Crippen LogP contribution is -2.42. The highest BCUT2D eigenvalue weighted by atomic mass is 16.7. The molecule has 0 heterocycles. The maximum atomic E-state index is 9.77. The van der Waals surface area contributed by atoms with E-state index in [9.17, 15) is 14.9 Å². The highest BCUT2D eigenvalue weighted by molar-refractivity contribution is 5.74. The van der Waals surface area contributed by atoms with Crippen molar-refractivity contribution < 1.29 is 19.9 Å². The van der Waals surface area contributed by atoms with Crippen molar-refractivity contribution in [1.82, 2.24) is 0 Å². The van der Waals surface area contributed by atoms with Crippen molar-refractivity contribution in [2.24, 2.45) is 0 Å². The zero-order valence-electron chi connectivity index (χ0n) is 4.57. The first-order valence-electron chi connectivity index (χ1n) is 1.99. The summed E-state index contributed by atoms with van der Waals surface area (Å²) in [6.45, 7) is 0.593. The van der Waals surface area contributed by atoms with Crippen molar-refractivity contribution in [2.75, 3.05) is 0 Å². The van der Waals surface area contributed by atoms with E-state index in [0.29, 0.717) is 6.92 Å². The van der Waals surface area contributed by atoms with Crippen LogP contribution in [-0.4, -0.2) is 26.8 Å². The minimum atomic E-state index is -2.86.